The number of benzene rings is 1. The summed E-state index contributed by atoms with van der Waals surface area (Å²) < 4.78 is 0. The van der Waals surface area contributed by atoms with E-state index in [-0.39, 0.29) is 11.8 Å². The van der Waals surface area contributed by atoms with Crippen LogP contribution in [0.2, 0.25) is 0 Å². The molecule has 0 aliphatic rings. The van der Waals surface area contributed by atoms with E-state index < -0.39 is 6.04 Å². The van der Waals surface area contributed by atoms with Crippen molar-refractivity contribution in [2.45, 2.75) is 13.0 Å². The van der Waals surface area contributed by atoms with Gasteiger partial charge in [0.2, 0.25) is 5.91 Å². The maximum absolute atomic E-state index is 11.9. The number of hydrogen-bond acceptors (Lipinski definition) is 3. The number of nitrogens with zero attached hydrogens (tertiary/aromatic N) is 1. The molecule has 0 saturated carbocycles. The van der Waals surface area contributed by atoms with Gasteiger partial charge in [0, 0.05) is 11.8 Å². The van der Waals surface area contributed by atoms with Gasteiger partial charge in [-0.25, -0.2) is 0 Å². The summed E-state index contributed by atoms with van der Waals surface area (Å²) in [5, 5.41) is 11.6. The second-order valence-electron chi connectivity index (χ2n) is 4.04. The molecule has 0 saturated heterocycles. The summed E-state index contributed by atoms with van der Waals surface area (Å²) >= 11 is 0. The molecule has 1 unspecified atom stereocenters. The van der Waals surface area contributed by atoms with Crippen LogP contribution in [-0.4, -0.2) is 28.1 Å². The molecule has 0 radical (unpaired) electrons. The Morgan fingerprint density at radius 3 is 2.63 bits per heavy atom. The Bertz CT molecular complexity index is 551. The third-order valence-electron chi connectivity index (χ3n) is 2.54. The highest BCUT2D eigenvalue weighted by molar-refractivity contribution is 6.00. The fourth-order valence-corrected chi connectivity index (χ4v) is 1.50. The lowest BCUT2D eigenvalue weighted by molar-refractivity contribution is -0.117. The largest absolute Gasteiger partial charge is 0.341 e. The van der Waals surface area contributed by atoms with Crippen LogP contribution < -0.4 is 10.6 Å². The zero-order chi connectivity index (χ0) is 13.7. The van der Waals surface area contributed by atoms with Crippen molar-refractivity contribution in [1.29, 1.82) is 0 Å². The summed E-state index contributed by atoms with van der Waals surface area (Å²) in [7, 11) is 0. The number of aromatic amines is 1. The average Bonchev–Trinajstić information content (AvgIpc) is 2.92. The van der Waals surface area contributed by atoms with E-state index in [0.29, 0.717) is 11.3 Å². The maximum atomic E-state index is 11.9. The standard InChI is InChI=1S/C13H14N4O2/c1-9(12(18)17-11-7-14-15-8-11)16-13(19)10-5-3-2-4-6-10/h2-9H,1H3,(H,14,15)(H,16,19)(H,17,18). The summed E-state index contributed by atoms with van der Waals surface area (Å²) in [5.41, 5.74) is 1.08. The SMILES string of the molecule is CC(NC(=O)c1ccccc1)C(=O)Nc1cn[nH]c1. The Labute approximate surface area is 110 Å². The molecule has 2 rings (SSSR count). The molecule has 2 amide bonds. The number of anilines is 1. The lowest BCUT2D eigenvalue weighted by Crippen LogP contribution is -2.41. The molecule has 19 heavy (non-hydrogen) atoms. The van der Waals surface area contributed by atoms with E-state index in [1.807, 2.05) is 6.07 Å². The van der Waals surface area contributed by atoms with Gasteiger partial charge in [0.25, 0.3) is 5.91 Å². The van der Waals surface area contributed by atoms with Crippen LogP contribution in [0.3, 0.4) is 0 Å². The molecule has 1 aromatic heterocycles. The molecule has 2 aromatic rings. The lowest BCUT2D eigenvalue weighted by atomic mass is 10.2. The molecular weight excluding hydrogens is 244 g/mol. The van der Waals surface area contributed by atoms with Gasteiger partial charge in [-0.15, -0.1) is 0 Å². The second-order valence-corrected chi connectivity index (χ2v) is 4.04. The van der Waals surface area contributed by atoms with Crippen LogP contribution in [0.5, 0.6) is 0 Å². The maximum Gasteiger partial charge on any atom is 0.251 e. The van der Waals surface area contributed by atoms with Crippen LogP contribution in [0.4, 0.5) is 5.69 Å². The van der Waals surface area contributed by atoms with E-state index >= 15 is 0 Å². The second kappa shape index (κ2) is 5.81. The summed E-state index contributed by atoms with van der Waals surface area (Å²) in [6.45, 7) is 1.62. The van der Waals surface area contributed by atoms with Gasteiger partial charge in [-0.05, 0) is 19.1 Å². The molecular formula is C13H14N4O2. The van der Waals surface area contributed by atoms with Crippen molar-refractivity contribution >= 4 is 17.5 Å². The van der Waals surface area contributed by atoms with Gasteiger partial charge in [0.15, 0.2) is 0 Å². The number of amides is 2. The van der Waals surface area contributed by atoms with Crippen molar-refractivity contribution in [2.75, 3.05) is 5.32 Å². The number of hydrogen-bond donors (Lipinski definition) is 3. The molecule has 0 aliphatic heterocycles. The minimum absolute atomic E-state index is 0.282. The van der Waals surface area contributed by atoms with E-state index in [1.54, 1.807) is 37.4 Å². The number of nitrogens with one attached hydrogen (secondary N) is 3. The van der Waals surface area contributed by atoms with E-state index in [4.69, 9.17) is 0 Å². The average molecular weight is 258 g/mol. The zero-order valence-corrected chi connectivity index (χ0v) is 10.4. The van der Waals surface area contributed by atoms with Gasteiger partial charge in [-0.1, -0.05) is 18.2 Å². The highest BCUT2D eigenvalue weighted by Gasteiger charge is 2.16. The number of rotatable bonds is 4. The summed E-state index contributed by atoms with van der Waals surface area (Å²) in [5.74, 6) is -0.582. The summed E-state index contributed by atoms with van der Waals surface area (Å²) in [4.78, 5) is 23.7. The predicted octanol–water partition coefficient (Wildman–Crippen LogP) is 1.17. The Morgan fingerprint density at radius 1 is 1.26 bits per heavy atom. The Balaban J connectivity index is 1.92. The molecule has 0 bridgehead atoms. The predicted molar refractivity (Wildman–Crippen MR) is 70.6 cm³/mol. The number of H-pyrrole nitrogens is 1. The van der Waals surface area contributed by atoms with Gasteiger partial charge in [-0.2, -0.15) is 5.10 Å². The number of carbonyl (C=O) groups is 2. The summed E-state index contributed by atoms with van der Waals surface area (Å²) in [6.07, 6.45) is 3.05. The summed E-state index contributed by atoms with van der Waals surface area (Å²) in [6, 6.07) is 8.11. The van der Waals surface area contributed by atoms with Crippen molar-refractivity contribution in [1.82, 2.24) is 15.5 Å². The van der Waals surface area contributed by atoms with Crippen molar-refractivity contribution < 1.29 is 9.59 Å². The molecule has 1 heterocycles. The molecule has 1 atom stereocenters. The molecule has 0 aliphatic carbocycles. The van der Waals surface area contributed by atoms with E-state index in [1.165, 1.54) is 6.20 Å². The van der Waals surface area contributed by atoms with Crippen LogP contribution in [0, 0.1) is 0 Å². The highest BCUT2D eigenvalue weighted by Crippen LogP contribution is 2.03. The number of carbonyl (C=O) groups excluding carboxylic acids is 2. The Hall–Kier alpha value is -2.63. The monoisotopic (exact) mass is 258 g/mol. The smallest absolute Gasteiger partial charge is 0.251 e. The first-order valence-corrected chi connectivity index (χ1v) is 5.82. The fraction of sp³-hybridized carbons (Fsp3) is 0.154. The molecule has 3 N–H and O–H groups in total. The topological polar surface area (TPSA) is 86.9 Å². The van der Waals surface area contributed by atoms with Crippen LogP contribution in [-0.2, 0) is 4.79 Å². The van der Waals surface area contributed by atoms with Crippen LogP contribution in [0.15, 0.2) is 42.7 Å². The first kappa shape index (κ1) is 12.8. The first-order valence-electron chi connectivity index (χ1n) is 5.82. The fourth-order valence-electron chi connectivity index (χ4n) is 1.50. The van der Waals surface area contributed by atoms with Gasteiger partial charge in [0.1, 0.15) is 6.04 Å². The molecule has 98 valence electrons. The quantitative estimate of drug-likeness (QED) is 0.769. The van der Waals surface area contributed by atoms with Gasteiger partial charge in [0.05, 0.1) is 11.9 Å². The van der Waals surface area contributed by atoms with Gasteiger partial charge in [-0.3, -0.25) is 14.7 Å². The van der Waals surface area contributed by atoms with Crippen LogP contribution in [0.25, 0.3) is 0 Å². The van der Waals surface area contributed by atoms with Crippen molar-refractivity contribution in [3.8, 4) is 0 Å². The van der Waals surface area contributed by atoms with Crippen molar-refractivity contribution in [2.24, 2.45) is 0 Å². The van der Waals surface area contributed by atoms with Crippen molar-refractivity contribution in [3.05, 3.63) is 48.3 Å². The minimum atomic E-state index is -0.636. The highest BCUT2D eigenvalue weighted by atomic mass is 16.2. The Kier molecular flexibility index (Phi) is 3.92. The minimum Gasteiger partial charge on any atom is -0.341 e. The first-order chi connectivity index (χ1) is 9.16. The van der Waals surface area contributed by atoms with E-state index in [9.17, 15) is 9.59 Å². The van der Waals surface area contributed by atoms with Gasteiger partial charge < -0.3 is 10.6 Å². The van der Waals surface area contributed by atoms with Crippen molar-refractivity contribution in [3.63, 3.8) is 0 Å². The lowest BCUT2D eigenvalue weighted by Gasteiger charge is -2.13. The normalized spacial score (nSPS) is 11.6. The van der Waals surface area contributed by atoms with Crippen LogP contribution >= 0.6 is 0 Å². The van der Waals surface area contributed by atoms with Crippen LogP contribution in [0.1, 0.15) is 17.3 Å². The van der Waals surface area contributed by atoms with E-state index in [2.05, 4.69) is 20.8 Å². The third-order valence-corrected chi connectivity index (χ3v) is 2.54. The van der Waals surface area contributed by atoms with Gasteiger partial charge >= 0.3 is 0 Å². The molecule has 0 fully saturated rings. The molecule has 1 aromatic carbocycles. The van der Waals surface area contributed by atoms with E-state index in [0.717, 1.165) is 0 Å². The third kappa shape index (κ3) is 3.41. The zero-order valence-electron chi connectivity index (χ0n) is 10.4. The molecule has 0 spiro atoms. The molecule has 6 heteroatoms. The number of aromatic nitrogens is 2. The Morgan fingerprint density at radius 2 is 2.00 bits per heavy atom. The molecule has 6 nitrogen and oxygen atoms in total.